The van der Waals surface area contributed by atoms with E-state index < -0.39 is 0 Å². The second-order valence-electron chi connectivity index (χ2n) is 4.94. The van der Waals surface area contributed by atoms with Crippen molar-refractivity contribution in [3.05, 3.63) is 18.0 Å². The highest BCUT2D eigenvalue weighted by Crippen LogP contribution is 2.22. The Balaban J connectivity index is 2.41. The smallest absolute Gasteiger partial charge is 0.0591 e. The molecule has 0 saturated heterocycles. The summed E-state index contributed by atoms with van der Waals surface area (Å²) in [7, 11) is 1.91. The summed E-state index contributed by atoms with van der Waals surface area (Å²) in [5, 5.41) is 13.9. The third kappa shape index (κ3) is 3.14. The van der Waals surface area contributed by atoms with Gasteiger partial charge in [0.15, 0.2) is 0 Å². The van der Waals surface area contributed by atoms with Gasteiger partial charge in [-0.25, -0.2) is 0 Å². The second-order valence-corrected chi connectivity index (χ2v) is 4.94. The molecule has 1 N–H and O–H groups in total. The number of nitrogens with zero attached hydrogens (tertiary/aromatic N) is 2. The van der Waals surface area contributed by atoms with E-state index in [1.807, 2.05) is 19.4 Å². The number of aryl methyl sites for hydroxylation is 2. The Morgan fingerprint density at radius 3 is 2.57 bits per heavy atom. The minimum atomic E-state index is -0.247. The molecule has 0 fully saturated rings. The van der Waals surface area contributed by atoms with Gasteiger partial charge in [-0.3, -0.25) is 4.68 Å². The van der Waals surface area contributed by atoms with Gasteiger partial charge in [0, 0.05) is 13.2 Å². The predicted molar refractivity (Wildman–Crippen MR) is 57.0 cm³/mol. The third-order valence-electron chi connectivity index (χ3n) is 2.46. The van der Waals surface area contributed by atoms with Crippen LogP contribution in [0.5, 0.6) is 0 Å². The third-order valence-corrected chi connectivity index (χ3v) is 2.46. The zero-order valence-electron chi connectivity index (χ0n) is 9.49. The van der Waals surface area contributed by atoms with E-state index in [1.54, 1.807) is 4.68 Å². The molecule has 0 bridgehead atoms. The van der Waals surface area contributed by atoms with E-state index in [9.17, 15) is 5.11 Å². The molecule has 0 spiro atoms. The van der Waals surface area contributed by atoms with Crippen molar-refractivity contribution in [2.75, 3.05) is 0 Å². The van der Waals surface area contributed by atoms with Crippen LogP contribution >= 0.6 is 0 Å². The minimum absolute atomic E-state index is 0.0256. The van der Waals surface area contributed by atoms with Crippen LogP contribution in [0, 0.1) is 5.41 Å². The zero-order chi connectivity index (χ0) is 10.8. The first kappa shape index (κ1) is 11.2. The van der Waals surface area contributed by atoms with E-state index in [2.05, 4.69) is 25.9 Å². The van der Waals surface area contributed by atoms with E-state index in [1.165, 1.54) is 5.56 Å². The molecule has 1 aromatic rings. The molecule has 0 aromatic carbocycles. The van der Waals surface area contributed by atoms with Crippen molar-refractivity contribution in [1.29, 1.82) is 0 Å². The highest BCUT2D eigenvalue weighted by Gasteiger charge is 2.21. The summed E-state index contributed by atoms with van der Waals surface area (Å²) in [6.07, 6.45) is 5.30. The Kier molecular flexibility index (Phi) is 3.32. The van der Waals surface area contributed by atoms with Gasteiger partial charge in [-0.15, -0.1) is 0 Å². The molecule has 14 heavy (non-hydrogen) atoms. The van der Waals surface area contributed by atoms with Crippen molar-refractivity contribution in [2.45, 2.75) is 39.7 Å². The largest absolute Gasteiger partial charge is 0.393 e. The van der Waals surface area contributed by atoms with Crippen molar-refractivity contribution in [1.82, 2.24) is 9.78 Å². The molecule has 1 atom stereocenters. The van der Waals surface area contributed by atoms with Gasteiger partial charge in [-0.2, -0.15) is 5.10 Å². The molecule has 0 aliphatic heterocycles. The molecular weight excluding hydrogens is 176 g/mol. The molecule has 1 heterocycles. The molecule has 0 aliphatic carbocycles. The fourth-order valence-electron chi connectivity index (χ4n) is 1.34. The Morgan fingerprint density at radius 1 is 1.50 bits per heavy atom. The average molecular weight is 196 g/mol. The highest BCUT2D eigenvalue weighted by atomic mass is 16.3. The van der Waals surface area contributed by atoms with E-state index in [0.717, 1.165) is 12.8 Å². The molecule has 0 aliphatic rings. The number of aromatic nitrogens is 2. The van der Waals surface area contributed by atoms with Crippen molar-refractivity contribution in [3.63, 3.8) is 0 Å². The Bertz CT molecular complexity index is 286. The minimum Gasteiger partial charge on any atom is -0.393 e. The maximum atomic E-state index is 9.83. The topological polar surface area (TPSA) is 38.0 Å². The van der Waals surface area contributed by atoms with Gasteiger partial charge < -0.3 is 5.11 Å². The Morgan fingerprint density at radius 2 is 2.14 bits per heavy atom. The first-order valence-electron chi connectivity index (χ1n) is 5.05. The molecule has 1 rings (SSSR count). The van der Waals surface area contributed by atoms with Crippen LogP contribution in [0.4, 0.5) is 0 Å². The van der Waals surface area contributed by atoms with Gasteiger partial charge in [0.1, 0.15) is 0 Å². The van der Waals surface area contributed by atoms with Crippen LogP contribution in [-0.2, 0) is 13.5 Å². The monoisotopic (exact) mass is 196 g/mol. The maximum Gasteiger partial charge on any atom is 0.0591 e. The quantitative estimate of drug-likeness (QED) is 0.800. The fraction of sp³-hybridized carbons (Fsp3) is 0.727. The fourth-order valence-corrected chi connectivity index (χ4v) is 1.34. The van der Waals surface area contributed by atoms with Crippen LogP contribution in [0.1, 0.15) is 32.8 Å². The molecule has 80 valence electrons. The van der Waals surface area contributed by atoms with Crippen LogP contribution < -0.4 is 0 Å². The van der Waals surface area contributed by atoms with Gasteiger partial charge >= 0.3 is 0 Å². The van der Waals surface area contributed by atoms with Crippen LogP contribution in [-0.4, -0.2) is 21.0 Å². The van der Waals surface area contributed by atoms with Gasteiger partial charge in [0.2, 0.25) is 0 Å². The number of rotatable bonds is 3. The van der Waals surface area contributed by atoms with Crippen LogP contribution in [0.3, 0.4) is 0 Å². The van der Waals surface area contributed by atoms with Crippen molar-refractivity contribution >= 4 is 0 Å². The van der Waals surface area contributed by atoms with Gasteiger partial charge in [-0.1, -0.05) is 20.8 Å². The van der Waals surface area contributed by atoms with E-state index in [0.29, 0.717) is 0 Å². The lowest BCUT2D eigenvalue weighted by Crippen LogP contribution is -2.26. The predicted octanol–water partition coefficient (Wildman–Crippen LogP) is 1.76. The average Bonchev–Trinajstić information content (AvgIpc) is 2.45. The Labute approximate surface area is 85.8 Å². The zero-order valence-corrected chi connectivity index (χ0v) is 9.49. The van der Waals surface area contributed by atoms with Crippen molar-refractivity contribution < 1.29 is 5.11 Å². The summed E-state index contributed by atoms with van der Waals surface area (Å²) in [4.78, 5) is 0. The second kappa shape index (κ2) is 4.13. The first-order valence-corrected chi connectivity index (χ1v) is 5.05. The number of hydrogen-bond donors (Lipinski definition) is 1. The summed E-state index contributed by atoms with van der Waals surface area (Å²) in [6, 6.07) is 0. The van der Waals surface area contributed by atoms with Gasteiger partial charge in [0.05, 0.1) is 12.3 Å². The van der Waals surface area contributed by atoms with E-state index in [-0.39, 0.29) is 11.5 Å². The van der Waals surface area contributed by atoms with Crippen molar-refractivity contribution in [3.8, 4) is 0 Å². The van der Waals surface area contributed by atoms with Crippen LogP contribution in [0.25, 0.3) is 0 Å². The number of hydrogen-bond acceptors (Lipinski definition) is 2. The summed E-state index contributed by atoms with van der Waals surface area (Å²) >= 11 is 0. The van der Waals surface area contributed by atoms with Crippen molar-refractivity contribution in [2.24, 2.45) is 12.5 Å². The lowest BCUT2D eigenvalue weighted by Gasteiger charge is -2.25. The molecule has 3 heteroatoms. The van der Waals surface area contributed by atoms with Crippen LogP contribution in [0.15, 0.2) is 12.4 Å². The maximum absolute atomic E-state index is 9.83. The lowest BCUT2D eigenvalue weighted by molar-refractivity contribution is 0.0560. The van der Waals surface area contributed by atoms with Gasteiger partial charge in [0.25, 0.3) is 0 Å². The summed E-state index contributed by atoms with van der Waals surface area (Å²) in [5.41, 5.74) is 1.16. The van der Waals surface area contributed by atoms with Gasteiger partial charge in [-0.05, 0) is 23.8 Å². The standard InChI is InChI=1S/C11H20N2O/c1-11(2,3)10(14)6-5-9-7-12-13(4)8-9/h7-8,10,14H,5-6H2,1-4H3. The lowest BCUT2D eigenvalue weighted by atomic mass is 9.86. The Hall–Kier alpha value is -0.830. The highest BCUT2D eigenvalue weighted by molar-refractivity contribution is 5.03. The number of aliphatic hydroxyl groups is 1. The molecule has 0 saturated carbocycles. The summed E-state index contributed by atoms with van der Waals surface area (Å²) < 4.78 is 1.79. The van der Waals surface area contributed by atoms with Crippen LogP contribution in [0.2, 0.25) is 0 Å². The molecule has 3 nitrogen and oxygen atoms in total. The molecule has 0 amide bonds. The molecular formula is C11H20N2O. The summed E-state index contributed by atoms with van der Waals surface area (Å²) in [5.74, 6) is 0. The first-order chi connectivity index (χ1) is 6.39. The summed E-state index contributed by atoms with van der Waals surface area (Å²) in [6.45, 7) is 6.17. The molecule has 0 radical (unpaired) electrons. The number of aliphatic hydroxyl groups excluding tert-OH is 1. The molecule has 1 unspecified atom stereocenters. The normalized spacial score (nSPS) is 14.4. The SMILES string of the molecule is Cn1cc(CCC(O)C(C)(C)C)cn1. The van der Waals surface area contributed by atoms with E-state index >= 15 is 0 Å². The van der Waals surface area contributed by atoms with E-state index in [4.69, 9.17) is 0 Å². The molecule has 1 aromatic heterocycles.